The molecule has 0 aliphatic heterocycles. The zero-order valence-corrected chi connectivity index (χ0v) is 12.5. The first-order valence-corrected chi connectivity index (χ1v) is 6.62. The number of hydrogen-bond donors (Lipinski definition) is 1. The van der Waals surface area contributed by atoms with Crippen molar-refractivity contribution in [2.24, 2.45) is 0 Å². The van der Waals surface area contributed by atoms with Gasteiger partial charge in [0.25, 0.3) is 0 Å². The molecule has 0 bridgehead atoms. The standard InChI is InChI=1S/C13H15Cl2N3O/c1-13(2,3)18-10(7-19)16-17-12(18)11-8(14)5-4-6-9(11)15/h4-6,19H,7H2,1-3H3. The minimum atomic E-state index is -0.292. The number of rotatable bonds is 2. The lowest BCUT2D eigenvalue weighted by atomic mass is 10.1. The molecule has 0 fully saturated rings. The summed E-state index contributed by atoms with van der Waals surface area (Å²) in [4.78, 5) is 0. The molecular weight excluding hydrogens is 285 g/mol. The number of aliphatic hydroxyl groups is 1. The van der Waals surface area contributed by atoms with Gasteiger partial charge in [-0.2, -0.15) is 0 Å². The van der Waals surface area contributed by atoms with E-state index < -0.39 is 0 Å². The highest BCUT2D eigenvalue weighted by Gasteiger charge is 2.25. The van der Waals surface area contributed by atoms with Crippen LogP contribution in [0.1, 0.15) is 26.6 Å². The maximum atomic E-state index is 9.39. The third-order valence-corrected chi connectivity index (χ3v) is 3.36. The molecule has 1 heterocycles. The maximum Gasteiger partial charge on any atom is 0.167 e. The molecule has 4 nitrogen and oxygen atoms in total. The molecule has 0 unspecified atom stereocenters. The van der Waals surface area contributed by atoms with Gasteiger partial charge in [-0.25, -0.2) is 0 Å². The van der Waals surface area contributed by atoms with Gasteiger partial charge in [-0.1, -0.05) is 29.3 Å². The molecule has 1 aromatic heterocycles. The van der Waals surface area contributed by atoms with Crippen molar-refractivity contribution in [1.29, 1.82) is 0 Å². The minimum absolute atomic E-state index is 0.188. The van der Waals surface area contributed by atoms with Gasteiger partial charge in [0.15, 0.2) is 11.6 Å². The van der Waals surface area contributed by atoms with Crippen molar-refractivity contribution in [1.82, 2.24) is 14.8 Å². The Morgan fingerprint density at radius 3 is 2.21 bits per heavy atom. The molecule has 2 aromatic rings. The summed E-state index contributed by atoms with van der Waals surface area (Å²) in [5.74, 6) is 1.05. The highest BCUT2D eigenvalue weighted by atomic mass is 35.5. The second-order valence-electron chi connectivity index (χ2n) is 5.20. The smallest absolute Gasteiger partial charge is 0.167 e. The summed E-state index contributed by atoms with van der Waals surface area (Å²) < 4.78 is 1.85. The van der Waals surface area contributed by atoms with E-state index in [2.05, 4.69) is 10.2 Å². The highest BCUT2D eigenvalue weighted by molar-refractivity contribution is 6.38. The van der Waals surface area contributed by atoms with E-state index in [0.717, 1.165) is 0 Å². The highest BCUT2D eigenvalue weighted by Crippen LogP contribution is 2.36. The molecule has 0 aliphatic carbocycles. The van der Waals surface area contributed by atoms with Crippen LogP contribution >= 0.6 is 23.2 Å². The van der Waals surface area contributed by atoms with Crippen LogP contribution in [0.3, 0.4) is 0 Å². The first kappa shape index (κ1) is 14.3. The van der Waals surface area contributed by atoms with E-state index in [4.69, 9.17) is 23.2 Å². The fourth-order valence-corrected chi connectivity index (χ4v) is 2.56. The number of nitrogens with zero attached hydrogens (tertiary/aromatic N) is 3. The van der Waals surface area contributed by atoms with Gasteiger partial charge < -0.3 is 9.67 Å². The third kappa shape index (κ3) is 2.61. The molecule has 0 saturated heterocycles. The second kappa shape index (κ2) is 5.12. The van der Waals surface area contributed by atoms with Crippen LogP contribution in [-0.2, 0) is 12.1 Å². The normalized spacial score (nSPS) is 11.9. The van der Waals surface area contributed by atoms with Crippen LogP contribution in [0, 0.1) is 0 Å². The Labute approximate surface area is 122 Å². The molecule has 0 aliphatic rings. The molecule has 0 amide bonds. The summed E-state index contributed by atoms with van der Waals surface area (Å²) in [7, 11) is 0. The molecule has 0 saturated carbocycles. The van der Waals surface area contributed by atoms with Crippen LogP contribution < -0.4 is 0 Å². The van der Waals surface area contributed by atoms with Gasteiger partial charge in [-0.3, -0.25) is 0 Å². The number of aromatic nitrogens is 3. The summed E-state index contributed by atoms with van der Waals surface area (Å²) in [5.41, 5.74) is 0.340. The molecule has 0 atom stereocenters. The van der Waals surface area contributed by atoms with Gasteiger partial charge in [0.1, 0.15) is 6.61 Å². The van der Waals surface area contributed by atoms with Gasteiger partial charge in [-0.15, -0.1) is 10.2 Å². The van der Waals surface area contributed by atoms with Crippen LogP contribution in [0.5, 0.6) is 0 Å². The Morgan fingerprint density at radius 2 is 1.74 bits per heavy atom. The van der Waals surface area contributed by atoms with Gasteiger partial charge in [0, 0.05) is 5.54 Å². The largest absolute Gasteiger partial charge is 0.388 e. The number of benzene rings is 1. The summed E-state index contributed by atoms with van der Waals surface area (Å²) >= 11 is 12.4. The van der Waals surface area contributed by atoms with Crippen LogP contribution in [-0.4, -0.2) is 19.9 Å². The monoisotopic (exact) mass is 299 g/mol. The van der Waals surface area contributed by atoms with E-state index >= 15 is 0 Å². The van der Waals surface area contributed by atoms with Crippen molar-refractivity contribution in [2.75, 3.05) is 0 Å². The lowest BCUT2D eigenvalue weighted by Gasteiger charge is -2.25. The first-order valence-electron chi connectivity index (χ1n) is 5.86. The van der Waals surface area contributed by atoms with Crippen molar-refractivity contribution in [3.05, 3.63) is 34.1 Å². The Balaban J connectivity index is 2.74. The van der Waals surface area contributed by atoms with E-state index in [9.17, 15) is 5.11 Å². The molecular formula is C13H15Cl2N3O. The molecule has 2 rings (SSSR count). The zero-order valence-electron chi connectivity index (χ0n) is 11.0. The van der Waals surface area contributed by atoms with Crippen LogP contribution in [0.4, 0.5) is 0 Å². The summed E-state index contributed by atoms with van der Waals surface area (Å²) in [5, 5.41) is 18.5. The SMILES string of the molecule is CC(C)(C)n1c(CO)nnc1-c1c(Cl)cccc1Cl. The Bertz CT molecular complexity index is 582. The van der Waals surface area contributed by atoms with Crippen molar-refractivity contribution in [3.8, 4) is 11.4 Å². The summed E-state index contributed by atoms with van der Waals surface area (Å²) in [6.45, 7) is 5.82. The fourth-order valence-electron chi connectivity index (χ4n) is 2.00. The summed E-state index contributed by atoms with van der Waals surface area (Å²) in [6.07, 6.45) is 0. The Morgan fingerprint density at radius 1 is 1.16 bits per heavy atom. The van der Waals surface area contributed by atoms with Gasteiger partial charge in [0.2, 0.25) is 0 Å². The topological polar surface area (TPSA) is 50.9 Å². The molecule has 0 radical (unpaired) electrons. The predicted octanol–water partition coefficient (Wildman–Crippen LogP) is 3.50. The lowest BCUT2D eigenvalue weighted by Crippen LogP contribution is -2.25. The third-order valence-electron chi connectivity index (χ3n) is 2.73. The molecule has 1 aromatic carbocycles. The average molecular weight is 300 g/mol. The lowest BCUT2D eigenvalue weighted by molar-refractivity contribution is 0.250. The zero-order chi connectivity index (χ0) is 14.2. The van der Waals surface area contributed by atoms with Crippen molar-refractivity contribution in [2.45, 2.75) is 32.9 Å². The molecule has 19 heavy (non-hydrogen) atoms. The van der Waals surface area contributed by atoms with Crippen LogP contribution in [0.15, 0.2) is 18.2 Å². The van der Waals surface area contributed by atoms with Crippen LogP contribution in [0.2, 0.25) is 10.0 Å². The number of hydrogen-bond acceptors (Lipinski definition) is 3. The van der Waals surface area contributed by atoms with E-state index in [-0.39, 0.29) is 12.1 Å². The first-order chi connectivity index (χ1) is 8.86. The second-order valence-corrected chi connectivity index (χ2v) is 6.02. The quantitative estimate of drug-likeness (QED) is 0.923. The van der Waals surface area contributed by atoms with Crippen molar-refractivity contribution < 1.29 is 5.11 Å². The van der Waals surface area contributed by atoms with Gasteiger partial charge in [-0.05, 0) is 32.9 Å². The minimum Gasteiger partial charge on any atom is -0.388 e. The fraction of sp³-hybridized carbons (Fsp3) is 0.385. The maximum absolute atomic E-state index is 9.39. The molecule has 1 N–H and O–H groups in total. The number of aliphatic hydroxyl groups excluding tert-OH is 1. The Hall–Kier alpha value is -1.10. The van der Waals surface area contributed by atoms with Crippen LogP contribution in [0.25, 0.3) is 11.4 Å². The molecule has 6 heteroatoms. The van der Waals surface area contributed by atoms with Crippen molar-refractivity contribution in [3.63, 3.8) is 0 Å². The van der Waals surface area contributed by atoms with E-state index in [1.165, 1.54) is 0 Å². The van der Waals surface area contributed by atoms with Gasteiger partial charge >= 0.3 is 0 Å². The van der Waals surface area contributed by atoms with Gasteiger partial charge in [0.05, 0.1) is 15.6 Å². The Kier molecular flexibility index (Phi) is 3.85. The van der Waals surface area contributed by atoms with E-state index in [1.54, 1.807) is 18.2 Å². The predicted molar refractivity (Wildman–Crippen MR) is 76.4 cm³/mol. The average Bonchev–Trinajstić information content (AvgIpc) is 2.72. The summed E-state index contributed by atoms with van der Waals surface area (Å²) in [6, 6.07) is 5.28. The van der Waals surface area contributed by atoms with Crippen molar-refractivity contribution >= 4 is 23.2 Å². The van der Waals surface area contributed by atoms with E-state index in [0.29, 0.717) is 27.3 Å². The molecule has 102 valence electrons. The number of halogens is 2. The molecule has 0 spiro atoms. The van der Waals surface area contributed by atoms with E-state index in [1.807, 2.05) is 25.3 Å².